The van der Waals surface area contributed by atoms with Crippen LogP contribution in [0.1, 0.15) is 22.3 Å². The fourth-order valence-corrected chi connectivity index (χ4v) is 3.26. The second kappa shape index (κ2) is 9.56. The minimum Gasteiger partial charge on any atom is -0.489 e. The van der Waals surface area contributed by atoms with Gasteiger partial charge in [-0.25, -0.2) is 0 Å². The van der Waals surface area contributed by atoms with E-state index in [1.54, 1.807) is 0 Å². The Labute approximate surface area is 164 Å². The van der Waals surface area contributed by atoms with Crippen molar-refractivity contribution in [3.63, 3.8) is 0 Å². The molecule has 0 saturated heterocycles. The van der Waals surface area contributed by atoms with Gasteiger partial charge in [-0.2, -0.15) is 0 Å². The first kappa shape index (κ1) is 18.7. The second-order valence-electron chi connectivity index (χ2n) is 6.38. The molecule has 26 heavy (non-hydrogen) atoms. The van der Waals surface area contributed by atoms with Crippen LogP contribution in [0.25, 0.3) is 0 Å². The number of rotatable bonds is 8. The van der Waals surface area contributed by atoms with Gasteiger partial charge in [0.15, 0.2) is 0 Å². The van der Waals surface area contributed by atoms with Crippen molar-refractivity contribution in [1.82, 2.24) is 5.32 Å². The monoisotopic (exact) mass is 409 g/mol. The number of hydrogen-bond acceptors (Lipinski definition) is 2. The molecule has 0 heterocycles. The lowest BCUT2D eigenvalue weighted by Gasteiger charge is -2.14. The highest BCUT2D eigenvalue weighted by molar-refractivity contribution is 9.10. The second-order valence-corrected chi connectivity index (χ2v) is 7.30. The molecule has 0 fully saturated rings. The number of ether oxygens (including phenoxy) is 1. The Morgan fingerprint density at radius 2 is 1.65 bits per heavy atom. The van der Waals surface area contributed by atoms with Gasteiger partial charge >= 0.3 is 0 Å². The Bertz CT molecular complexity index is 833. The topological polar surface area (TPSA) is 21.3 Å². The van der Waals surface area contributed by atoms with Gasteiger partial charge in [-0.15, -0.1) is 0 Å². The van der Waals surface area contributed by atoms with Crippen molar-refractivity contribution in [2.24, 2.45) is 0 Å². The summed E-state index contributed by atoms with van der Waals surface area (Å²) in [6.45, 7) is 4.43. The molecule has 3 aromatic rings. The molecular weight excluding hydrogens is 386 g/mol. The van der Waals surface area contributed by atoms with E-state index in [0.29, 0.717) is 6.61 Å². The minimum absolute atomic E-state index is 0.589. The highest BCUT2D eigenvalue weighted by Crippen LogP contribution is 2.24. The lowest BCUT2D eigenvalue weighted by molar-refractivity contribution is 0.301. The van der Waals surface area contributed by atoms with Gasteiger partial charge < -0.3 is 10.1 Å². The largest absolute Gasteiger partial charge is 0.489 e. The van der Waals surface area contributed by atoms with Crippen LogP contribution in [0, 0.1) is 6.92 Å². The van der Waals surface area contributed by atoms with Gasteiger partial charge in [0.1, 0.15) is 12.4 Å². The number of nitrogens with one attached hydrogen (secondary N) is 1. The summed E-state index contributed by atoms with van der Waals surface area (Å²) in [4.78, 5) is 0. The molecule has 1 N–H and O–H groups in total. The molecule has 2 nitrogen and oxygen atoms in total. The Balaban J connectivity index is 1.58. The molecule has 0 amide bonds. The van der Waals surface area contributed by atoms with Crippen LogP contribution in [0.4, 0.5) is 0 Å². The fraction of sp³-hybridized carbons (Fsp3) is 0.217. The summed E-state index contributed by atoms with van der Waals surface area (Å²) < 4.78 is 7.18. The third-order valence-corrected chi connectivity index (χ3v) is 4.91. The van der Waals surface area contributed by atoms with Crippen molar-refractivity contribution < 1.29 is 4.74 Å². The smallest absolute Gasteiger partial charge is 0.124 e. The molecule has 0 bridgehead atoms. The van der Waals surface area contributed by atoms with Gasteiger partial charge in [0.2, 0.25) is 0 Å². The van der Waals surface area contributed by atoms with Crippen molar-refractivity contribution in [2.45, 2.75) is 26.5 Å². The van der Waals surface area contributed by atoms with Gasteiger partial charge in [-0.3, -0.25) is 0 Å². The maximum atomic E-state index is 6.11. The van der Waals surface area contributed by atoms with E-state index < -0.39 is 0 Å². The zero-order chi connectivity index (χ0) is 18.2. The number of hydrogen-bond donors (Lipinski definition) is 1. The van der Waals surface area contributed by atoms with E-state index in [1.807, 2.05) is 12.1 Å². The lowest BCUT2D eigenvalue weighted by Crippen LogP contribution is -2.17. The predicted octanol–water partition coefficient (Wildman–Crippen LogP) is 5.67. The normalized spacial score (nSPS) is 10.7. The van der Waals surface area contributed by atoms with E-state index in [1.165, 1.54) is 22.3 Å². The van der Waals surface area contributed by atoms with Crippen molar-refractivity contribution in [3.05, 3.63) is 99.5 Å². The fourth-order valence-electron chi connectivity index (χ4n) is 2.85. The van der Waals surface area contributed by atoms with E-state index in [0.717, 1.165) is 29.7 Å². The minimum atomic E-state index is 0.589. The Morgan fingerprint density at radius 3 is 2.46 bits per heavy atom. The lowest BCUT2D eigenvalue weighted by atomic mass is 10.1. The molecule has 0 aliphatic rings. The van der Waals surface area contributed by atoms with E-state index in [-0.39, 0.29) is 0 Å². The molecule has 0 aliphatic heterocycles. The van der Waals surface area contributed by atoms with E-state index in [2.05, 4.69) is 88.8 Å². The summed E-state index contributed by atoms with van der Waals surface area (Å²) in [5.74, 6) is 0.934. The molecule has 0 unspecified atom stereocenters. The molecule has 0 radical (unpaired) electrons. The molecule has 3 aromatic carbocycles. The summed E-state index contributed by atoms with van der Waals surface area (Å²) in [5, 5.41) is 3.53. The summed E-state index contributed by atoms with van der Waals surface area (Å²) in [6, 6.07) is 25.1. The first-order valence-electron chi connectivity index (χ1n) is 8.93. The molecule has 3 heteroatoms. The first-order valence-corrected chi connectivity index (χ1v) is 9.72. The quantitative estimate of drug-likeness (QED) is 0.483. The summed E-state index contributed by atoms with van der Waals surface area (Å²) >= 11 is 3.57. The van der Waals surface area contributed by atoms with Crippen LogP contribution in [0.2, 0.25) is 0 Å². The highest BCUT2D eigenvalue weighted by atomic mass is 79.9. The maximum absolute atomic E-state index is 6.11. The number of aryl methyl sites for hydroxylation is 1. The molecule has 0 atom stereocenters. The third-order valence-electron chi connectivity index (χ3n) is 4.42. The Morgan fingerprint density at radius 1 is 0.885 bits per heavy atom. The van der Waals surface area contributed by atoms with Crippen LogP contribution >= 0.6 is 15.9 Å². The van der Waals surface area contributed by atoms with E-state index in [9.17, 15) is 0 Å². The van der Waals surface area contributed by atoms with Gasteiger partial charge in [-0.1, -0.05) is 70.5 Å². The van der Waals surface area contributed by atoms with Gasteiger partial charge in [0.05, 0.1) is 0 Å². The summed E-state index contributed by atoms with van der Waals surface area (Å²) in [5.41, 5.74) is 5.00. The van der Waals surface area contributed by atoms with Crippen LogP contribution in [0.3, 0.4) is 0 Å². The summed E-state index contributed by atoms with van der Waals surface area (Å²) in [7, 11) is 0. The van der Waals surface area contributed by atoms with Crippen LogP contribution in [0.5, 0.6) is 5.75 Å². The van der Waals surface area contributed by atoms with Crippen LogP contribution in [-0.4, -0.2) is 6.54 Å². The molecule has 0 spiro atoms. The Kier molecular flexibility index (Phi) is 6.87. The van der Waals surface area contributed by atoms with Crippen molar-refractivity contribution in [3.8, 4) is 5.75 Å². The molecule has 0 aliphatic carbocycles. The number of halogens is 1. The summed E-state index contributed by atoms with van der Waals surface area (Å²) in [6.07, 6.45) is 1.02. The maximum Gasteiger partial charge on any atom is 0.124 e. The third kappa shape index (κ3) is 5.45. The zero-order valence-corrected chi connectivity index (χ0v) is 16.6. The average Bonchev–Trinajstić information content (AvgIpc) is 2.66. The molecule has 0 saturated carbocycles. The van der Waals surface area contributed by atoms with Crippen LogP contribution in [-0.2, 0) is 19.6 Å². The van der Waals surface area contributed by atoms with Crippen molar-refractivity contribution in [1.29, 1.82) is 0 Å². The van der Waals surface area contributed by atoms with Gasteiger partial charge in [0.25, 0.3) is 0 Å². The molecule has 134 valence electrons. The molecular formula is C23H24BrNO. The highest BCUT2D eigenvalue weighted by Gasteiger charge is 2.06. The number of benzene rings is 3. The Hall–Kier alpha value is -2.10. The molecule has 3 rings (SSSR count). The zero-order valence-electron chi connectivity index (χ0n) is 15.0. The van der Waals surface area contributed by atoms with E-state index >= 15 is 0 Å². The first-order chi connectivity index (χ1) is 12.7. The van der Waals surface area contributed by atoms with Gasteiger partial charge in [0, 0.05) is 16.6 Å². The predicted molar refractivity (Wildman–Crippen MR) is 112 cm³/mol. The van der Waals surface area contributed by atoms with Crippen LogP contribution in [0.15, 0.2) is 77.3 Å². The SMILES string of the molecule is Cc1ccccc1COc1ccc(Br)cc1CNCCc1ccccc1. The standard InChI is InChI=1S/C23H24BrNO/c1-18-7-5-6-10-20(18)17-26-23-12-11-22(24)15-21(23)16-25-14-13-19-8-3-2-4-9-19/h2-12,15,25H,13-14,16-17H2,1H3. The molecule has 0 aromatic heterocycles. The van der Waals surface area contributed by atoms with Gasteiger partial charge in [-0.05, 0) is 54.8 Å². The average molecular weight is 410 g/mol. The van der Waals surface area contributed by atoms with Crippen molar-refractivity contribution >= 4 is 15.9 Å². The van der Waals surface area contributed by atoms with Crippen LogP contribution < -0.4 is 10.1 Å². The van der Waals surface area contributed by atoms with E-state index in [4.69, 9.17) is 4.74 Å². The van der Waals surface area contributed by atoms with Crippen molar-refractivity contribution in [2.75, 3.05) is 6.54 Å².